The van der Waals surface area contributed by atoms with Crippen LogP contribution in [0.4, 0.5) is 0 Å². The molecule has 0 aliphatic carbocycles. The van der Waals surface area contributed by atoms with Crippen molar-refractivity contribution in [2.75, 3.05) is 20.2 Å². The van der Waals surface area contributed by atoms with Gasteiger partial charge in [-0.3, -0.25) is 4.79 Å². The lowest BCUT2D eigenvalue weighted by Gasteiger charge is -2.02. The number of carbonyl (C=O) groups is 1. The number of aromatic nitrogens is 1. The third-order valence-electron chi connectivity index (χ3n) is 2.82. The summed E-state index contributed by atoms with van der Waals surface area (Å²) in [5.41, 5.74) is 2.20. The lowest BCUT2D eigenvalue weighted by atomic mass is 10.1. The zero-order chi connectivity index (χ0) is 13.0. The fourth-order valence-electron chi connectivity index (χ4n) is 1.92. The first-order chi connectivity index (χ1) is 8.70. The van der Waals surface area contributed by atoms with Crippen molar-refractivity contribution in [2.45, 2.75) is 6.42 Å². The molecule has 0 bridgehead atoms. The van der Waals surface area contributed by atoms with Gasteiger partial charge >= 0.3 is 5.97 Å². The molecule has 0 saturated carbocycles. The van der Waals surface area contributed by atoms with Crippen LogP contribution in [0.2, 0.25) is 0 Å². The number of methoxy groups -OCH3 is 1. The second kappa shape index (κ2) is 5.55. The first-order valence-electron chi connectivity index (χ1n) is 5.77. The number of carboxylic acid groups (broad SMARTS) is 1. The van der Waals surface area contributed by atoms with Gasteiger partial charge in [0.25, 0.3) is 0 Å². The number of fused-ring (bicyclic) bond motifs is 1. The van der Waals surface area contributed by atoms with E-state index in [0.29, 0.717) is 6.54 Å². The molecule has 0 spiro atoms. The minimum absolute atomic E-state index is 0.00379. The highest BCUT2D eigenvalue weighted by molar-refractivity contribution is 5.84. The molecule has 0 radical (unpaired) electrons. The third kappa shape index (κ3) is 2.81. The maximum Gasteiger partial charge on any atom is 0.317 e. The number of H-pyrrole nitrogens is 1. The van der Waals surface area contributed by atoms with Gasteiger partial charge in [0.1, 0.15) is 5.75 Å². The topological polar surface area (TPSA) is 74.3 Å². The minimum Gasteiger partial charge on any atom is -0.497 e. The van der Waals surface area contributed by atoms with E-state index >= 15 is 0 Å². The summed E-state index contributed by atoms with van der Waals surface area (Å²) in [4.78, 5) is 13.5. The highest BCUT2D eigenvalue weighted by Crippen LogP contribution is 2.23. The quantitative estimate of drug-likeness (QED) is 0.675. The molecule has 0 aliphatic heterocycles. The normalized spacial score (nSPS) is 10.7. The molecule has 3 N–H and O–H groups in total. The zero-order valence-electron chi connectivity index (χ0n) is 10.2. The predicted octanol–water partition coefficient (Wildman–Crippen LogP) is 1.39. The van der Waals surface area contributed by atoms with E-state index in [1.54, 1.807) is 7.11 Å². The van der Waals surface area contributed by atoms with Crippen molar-refractivity contribution >= 4 is 16.9 Å². The molecule has 18 heavy (non-hydrogen) atoms. The maximum absolute atomic E-state index is 10.4. The van der Waals surface area contributed by atoms with E-state index in [1.807, 2.05) is 24.4 Å². The Morgan fingerprint density at radius 3 is 3.06 bits per heavy atom. The smallest absolute Gasteiger partial charge is 0.317 e. The van der Waals surface area contributed by atoms with Crippen LogP contribution in [0.15, 0.2) is 24.4 Å². The van der Waals surface area contributed by atoms with Crippen molar-refractivity contribution in [2.24, 2.45) is 0 Å². The Balaban J connectivity index is 2.03. The summed E-state index contributed by atoms with van der Waals surface area (Å²) in [6, 6.07) is 5.88. The molecule has 0 saturated heterocycles. The largest absolute Gasteiger partial charge is 0.497 e. The van der Waals surface area contributed by atoms with E-state index in [1.165, 1.54) is 5.56 Å². The highest BCUT2D eigenvalue weighted by Gasteiger charge is 2.04. The number of aromatic amines is 1. The number of hydrogen-bond acceptors (Lipinski definition) is 3. The Morgan fingerprint density at radius 2 is 2.33 bits per heavy atom. The molecule has 0 fully saturated rings. The molecular formula is C13H16N2O3. The van der Waals surface area contributed by atoms with E-state index in [0.717, 1.165) is 23.1 Å². The molecule has 0 atom stereocenters. The second-order valence-electron chi connectivity index (χ2n) is 4.05. The lowest BCUT2D eigenvalue weighted by molar-refractivity contribution is -0.135. The summed E-state index contributed by atoms with van der Waals surface area (Å²) in [5.74, 6) is -0.0152. The molecule has 1 aromatic carbocycles. The first kappa shape index (κ1) is 12.4. The molecule has 5 heteroatoms. The van der Waals surface area contributed by atoms with Crippen molar-refractivity contribution < 1.29 is 14.6 Å². The average Bonchev–Trinajstić information content (AvgIpc) is 2.76. The number of hydrogen-bond donors (Lipinski definition) is 3. The summed E-state index contributed by atoms with van der Waals surface area (Å²) < 4.78 is 5.16. The average molecular weight is 248 g/mol. The Labute approximate surface area is 105 Å². The monoisotopic (exact) mass is 248 g/mol. The van der Waals surface area contributed by atoms with Gasteiger partial charge in [-0.1, -0.05) is 0 Å². The van der Waals surface area contributed by atoms with Crippen LogP contribution in [0, 0.1) is 0 Å². The van der Waals surface area contributed by atoms with Gasteiger partial charge in [0.2, 0.25) is 0 Å². The second-order valence-corrected chi connectivity index (χ2v) is 4.05. The molecule has 1 aromatic heterocycles. The van der Waals surface area contributed by atoms with Crippen LogP contribution in [-0.4, -0.2) is 36.3 Å². The molecule has 2 rings (SSSR count). The van der Waals surface area contributed by atoms with Crippen LogP contribution in [0.3, 0.4) is 0 Å². The van der Waals surface area contributed by atoms with Crippen LogP contribution < -0.4 is 10.1 Å². The summed E-state index contributed by atoms with van der Waals surface area (Å²) >= 11 is 0. The van der Waals surface area contributed by atoms with Crippen LogP contribution in [-0.2, 0) is 11.2 Å². The van der Waals surface area contributed by atoms with Crippen molar-refractivity contribution in [1.29, 1.82) is 0 Å². The fourth-order valence-corrected chi connectivity index (χ4v) is 1.92. The Kier molecular flexibility index (Phi) is 3.84. The summed E-state index contributed by atoms with van der Waals surface area (Å²) in [6.45, 7) is 0.640. The number of nitrogens with one attached hydrogen (secondary N) is 2. The van der Waals surface area contributed by atoms with Crippen LogP contribution >= 0.6 is 0 Å². The molecular weight excluding hydrogens is 232 g/mol. The van der Waals surface area contributed by atoms with Crippen LogP contribution in [0.25, 0.3) is 10.9 Å². The molecule has 0 aliphatic rings. The number of benzene rings is 1. The van der Waals surface area contributed by atoms with Gasteiger partial charge in [-0.25, -0.2) is 0 Å². The highest BCUT2D eigenvalue weighted by atomic mass is 16.5. The Hall–Kier alpha value is -2.01. The van der Waals surface area contributed by atoms with Crippen molar-refractivity contribution in [3.8, 4) is 5.75 Å². The lowest BCUT2D eigenvalue weighted by Crippen LogP contribution is -2.24. The van der Waals surface area contributed by atoms with Gasteiger partial charge in [0.15, 0.2) is 0 Å². The number of ether oxygens (including phenoxy) is 1. The van der Waals surface area contributed by atoms with E-state index in [4.69, 9.17) is 9.84 Å². The molecule has 0 amide bonds. The van der Waals surface area contributed by atoms with Crippen molar-refractivity contribution in [3.63, 3.8) is 0 Å². The third-order valence-corrected chi connectivity index (χ3v) is 2.82. The standard InChI is InChI=1S/C13H16N2O3/c1-18-10-2-3-11-9(7-15-12(11)6-10)4-5-14-8-13(16)17/h2-3,6-7,14-15H,4-5,8H2,1H3,(H,16,17). The van der Waals surface area contributed by atoms with E-state index < -0.39 is 5.97 Å². The maximum atomic E-state index is 10.4. The first-order valence-corrected chi connectivity index (χ1v) is 5.77. The number of rotatable bonds is 6. The molecule has 2 aromatic rings. The van der Waals surface area contributed by atoms with Gasteiger partial charge in [-0.15, -0.1) is 0 Å². The number of aliphatic carboxylic acids is 1. The molecule has 5 nitrogen and oxygen atoms in total. The van der Waals surface area contributed by atoms with Gasteiger partial charge in [0.05, 0.1) is 13.7 Å². The van der Waals surface area contributed by atoms with Crippen LogP contribution in [0.5, 0.6) is 5.75 Å². The minimum atomic E-state index is -0.835. The van der Waals surface area contributed by atoms with Crippen molar-refractivity contribution in [1.82, 2.24) is 10.3 Å². The van der Waals surface area contributed by atoms with E-state index in [2.05, 4.69) is 10.3 Å². The fraction of sp³-hybridized carbons (Fsp3) is 0.308. The molecule has 0 unspecified atom stereocenters. The van der Waals surface area contributed by atoms with Gasteiger partial charge in [-0.05, 0) is 30.7 Å². The summed E-state index contributed by atoms with van der Waals surface area (Å²) in [5, 5.41) is 12.5. The predicted molar refractivity (Wildman–Crippen MR) is 69.1 cm³/mol. The molecule has 96 valence electrons. The number of carboxylic acids is 1. The van der Waals surface area contributed by atoms with E-state index in [-0.39, 0.29) is 6.54 Å². The summed E-state index contributed by atoms with van der Waals surface area (Å²) in [7, 11) is 1.64. The Morgan fingerprint density at radius 1 is 1.50 bits per heavy atom. The summed E-state index contributed by atoms with van der Waals surface area (Å²) in [6.07, 6.45) is 2.74. The van der Waals surface area contributed by atoms with E-state index in [9.17, 15) is 4.79 Å². The van der Waals surface area contributed by atoms with Crippen LogP contribution in [0.1, 0.15) is 5.56 Å². The van der Waals surface area contributed by atoms with Gasteiger partial charge < -0.3 is 20.1 Å². The van der Waals surface area contributed by atoms with Gasteiger partial charge in [0, 0.05) is 23.2 Å². The SMILES string of the molecule is COc1ccc2c(CCNCC(=O)O)c[nH]c2c1. The van der Waals surface area contributed by atoms with Gasteiger partial charge in [-0.2, -0.15) is 0 Å². The zero-order valence-corrected chi connectivity index (χ0v) is 10.2. The van der Waals surface area contributed by atoms with Crippen molar-refractivity contribution in [3.05, 3.63) is 30.0 Å². The molecule has 1 heterocycles. The Bertz CT molecular complexity index is 548.